The molecule has 0 aromatic heterocycles. The van der Waals surface area contributed by atoms with Crippen LogP contribution in [-0.4, -0.2) is 30.5 Å². The van der Waals surface area contributed by atoms with Gasteiger partial charge in [0.05, 0.1) is 0 Å². The molecule has 0 aliphatic rings. The van der Waals surface area contributed by atoms with Crippen molar-refractivity contribution in [3.63, 3.8) is 0 Å². The summed E-state index contributed by atoms with van der Waals surface area (Å²) in [5, 5.41) is 11.9. The van der Waals surface area contributed by atoms with Gasteiger partial charge in [-0.1, -0.05) is 13.0 Å². The van der Waals surface area contributed by atoms with Gasteiger partial charge in [0.2, 0.25) is 0 Å². The molecule has 1 aromatic rings. The first kappa shape index (κ1) is 16.7. The first-order valence-corrected chi connectivity index (χ1v) is 6.16. The third kappa shape index (κ3) is 4.64. The van der Waals surface area contributed by atoms with E-state index in [9.17, 15) is 17.6 Å². The molecule has 0 amide bonds. The van der Waals surface area contributed by atoms with Crippen molar-refractivity contribution in [1.29, 1.82) is 0 Å². The second-order valence-corrected chi connectivity index (χ2v) is 4.34. The van der Waals surface area contributed by atoms with Crippen LogP contribution in [0.5, 0.6) is 5.75 Å². The number of alkyl halides is 3. The molecule has 114 valence electrons. The molecule has 0 fully saturated rings. The standard InChI is InChI=1S/C13H17F4NO2/c1-3-18-8(2)9-4-5-11(10(14)6-9)20-7-12(19)13(15,16)17/h4-6,8,12,18-19H,3,7H2,1-2H3. The van der Waals surface area contributed by atoms with Crippen molar-refractivity contribution in [3.8, 4) is 5.75 Å². The van der Waals surface area contributed by atoms with E-state index in [1.807, 2.05) is 13.8 Å². The fourth-order valence-corrected chi connectivity index (χ4v) is 1.59. The molecule has 2 atom stereocenters. The third-order valence-corrected chi connectivity index (χ3v) is 2.74. The molecular formula is C13H17F4NO2. The van der Waals surface area contributed by atoms with Crippen LogP contribution in [0.25, 0.3) is 0 Å². The molecule has 0 heterocycles. The van der Waals surface area contributed by atoms with Crippen LogP contribution < -0.4 is 10.1 Å². The van der Waals surface area contributed by atoms with Crippen LogP contribution in [0.2, 0.25) is 0 Å². The summed E-state index contributed by atoms with van der Waals surface area (Å²) in [5.74, 6) is -1.08. The summed E-state index contributed by atoms with van der Waals surface area (Å²) in [5.41, 5.74) is 0.660. The predicted octanol–water partition coefficient (Wildman–Crippen LogP) is 2.80. The minimum Gasteiger partial charge on any atom is -0.487 e. The molecule has 2 N–H and O–H groups in total. The van der Waals surface area contributed by atoms with Gasteiger partial charge < -0.3 is 15.2 Å². The Kier molecular flexibility index (Phi) is 5.76. The van der Waals surface area contributed by atoms with Gasteiger partial charge >= 0.3 is 6.18 Å². The Hall–Kier alpha value is -1.34. The highest BCUT2D eigenvalue weighted by molar-refractivity contribution is 5.30. The Bertz CT molecular complexity index is 437. The summed E-state index contributed by atoms with van der Waals surface area (Å²) in [7, 11) is 0. The van der Waals surface area contributed by atoms with E-state index in [-0.39, 0.29) is 11.8 Å². The van der Waals surface area contributed by atoms with Crippen molar-refractivity contribution >= 4 is 0 Å². The van der Waals surface area contributed by atoms with Gasteiger partial charge in [-0.25, -0.2) is 4.39 Å². The van der Waals surface area contributed by atoms with Crippen molar-refractivity contribution in [1.82, 2.24) is 5.32 Å². The Labute approximate surface area is 114 Å². The van der Waals surface area contributed by atoms with Crippen LogP contribution >= 0.6 is 0 Å². The predicted molar refractivity (Wildman–Crippen MR) is 66.0 cm³/mol. The number of hydrogen-bond acceptors (Lipinski definition) is 3. The first-order valence-electron chi connectivity index (χ1n) is 6.16. The van der Waals surface area contributed by atoms with Gasteiger partial charge in [0.1, 0.15) is 6.61 Å². The monoisotopic (exact) mass is 295 g/mol. The average molecular weight is 295 g/mol. The summed E-state index contributed by atoms with van der Waals surface area (Å²) in [6.45, 7) is 3.41. The van der Waals surface area contributed by atoms with E-state index in [4.69, 9.17) is 5.11 Å². The third-order valence-electron chi connectivity index (χ3n) is 2.74. The first-order chi connectivity index (χ1) is 9.25. The maximum absolute atomic E-state index is 13.7. The second-order valence-electron chi connectivity index (χ2n) is 4.34. The largest absolute Gasteiger partial charge is 0.487 e. The minimum atomic E-state index is -4.78. The summed E-state index contributed by atoms with van der Waals surface area (Å²) >= 11 is 0. The molecule has 0 saturated carbocycles. The Morgan fingerprint density at radius 3 is 2.50 bits per heavy atom. The zero-order chi connectivity index (χ0) is 15.3. The van der Waals surface area contributed by atoms with E-state index in [1.165, 1.54) is 12.1 Å². The van der Waals surface area contributed by atoms with Gasteiger partial charge in [-0.2, -0.15) is 13.2 Å². The normalized spacial score (nSPS) is 14.9. The average Bonchev–Trinajstić information content (AvgIpc) is 2.36. The maximum Gasteiger partial charge on any atom is 0.417 e. The van der Waals surface area contributed by atoms with Gasteiger partial charge in [-0.05, 0) is 31.2 Å². The Morgan fingerprint density at radius 1 is 1.35 bits per heavy atom. The highest BCUT2D eigenvalue weighted by atomic mass is 19.4. The molecule has 2 unspecified atom stereocenters. The Balaban J connectivity index is 2.69. The minimum absolute atomic E-state index is 0.0793. The van der Waals surface area contributed by atoms with E-state index in [0.29, 0.717) is 12.1 Å². The lowest BCUT2D eigenvalue weighted by Gasteiger charge is -2.17. The molecule has 7 heteroatoms. The molecule has 1 rings (SSSR count). The number of ether oxygens (including phenoxy) is 1. The van der Waals surface area contributed by atoms with Gasteiger partial charge in [0.25, 0.3) is 0 Å². The lowest BCUT2D eigenvalue weighted by atomic mass is 10.1. The molecule has 0 radical (unpaired) electrons. The van der Waals surface area contributed by atoms with E-state index in [1.54, 1.807) is 6.07 Å². The van der Waals surface area contributed by atoms with Crippen LogP contribution in [0.3, 0.4) is 0 Å². The number of nitrogens with one attached hydrogen (secondary N) is 1. The maximum atomic E-state index is 13.7. The zero-order valence-electron chi connectivity index (χ0n) is 11.2. The zero-order valence-corrected chi connectivity index (χ0v) is 11.2. The fourth-order valence-electron chi connectivity index (χ4n) is 1.59. The summed E-state index contributed by atoms with van der Waals surface area (Å²) in [4.78, 5) is 0. The van der Waals surface area contributed by atoms with Crippen LogP contribution in [-0.2, 0) is 0 Å². The topological polar surface area (TPSA) is 41.5 Å². The SMILES string of the molecule is CCNC(C)c1ccc(OCC(O)C(F)(F)F)c(F)c1. The quantitative estimate of drug-likeness (QED) is 0.793. The van der Waals surface area contributed by atoms with E-state index >= 15 is 0 Å². The van der Waals surface area contributed by atoms with Crippen molar-refractivity contribution in [2.24, 2.45) is 0 Å². The molecule has 0 bridgehead atoms. The molecular weight excluding hydrogens is 278 g/mol. The molecule has 0 saturated heterocycles. The smallest absolute Gasteiger partial charge is 0.417 e. The highest BCUT2D eigenvalue weighted by Gasteiger charge is 2.38. The second kappa shape index (κ2) is 6.90. The lowest BCUT2D eigenvalue weighted by molar-refractivity contribution is -0.210. The number of hydrogen-bond donors (Lipinski definition) is 2. The van der Waals surface area contributed by atoms with Crippen LogP contribution in [0.1, 0.15) is 25.5 Å². The van der Waals surface area contributed by atoms with Gasteiger partial charge in [0, 0.05) is 6.04 Å². The molecule has 0 aliphatic carbocycles. The number of benzene rings is 1. The summed E-state index contributed by atoms with van der Waals surface area (Å²) < 4.78 is 54.6. The lowest BCUT2D eigenvalue weighted by Crippen LogP contribution is -2.34. The molecule has 0 aliphatic heterocycles. The van der Waals surface area contributed by atoms with E-state index in [0.717, 1.165) is 0 Å². The van der Waals surface area contributed by atoms with E-state index < -0.39 is 24.7 Å². The molecule has 20 heavy (non-hydrogen) atoms. The molecule has 1 aromatic carbocycles. The Morgan fingerprint density at radius 2 is 2.00 bits per heavy atom. The van der Waals surface area contributed by atoms with Crippen LogP contribution in [0, 0.1) is 5.82 Å². The highest BCUT2D eigenvalue weighted by Crippen LogP contribution is 2.24. The number of halogens is 4. The molecule has 0 spiro atoms. The number of aliphatic hydroxyl groups is 1. The van der Waals surface area contributed by atoms with Crippen molar-refractivity contribution in [2.45, 2.75) is 32.2 Å². The fraction of sp³-hybridized carbons (Fsp3) is 0.538. The molecule has 3 nitrogen and oxygen atoms in total. The van der Waals surface area contributed by atoms with Gasteiger partial charge in [-0.15, -0.1) is 0 Å². The van der Waals surface area contributed by atoms with Gasteiger partial charge in [-0.3, -0.25) is 0 Å². The summed E-state index contributed by atoms with van der Waals surface area (Å²) in [6, 6.07) is 3.93. The van der Waals surface area contributed by atoms with Crippen LogP contribution in [0.4, 0.5) is 17.6 Å². The number of aliphatic hydroxyl groups excluding tert-OH is 1. The van der Waals surface area contributed by atoms with E-state index in [2.05, 4.69) is 10.1 Å². The summed E-state index contributed by atoms with van der Waals surface area (Å²) in [6.07, 6.45) is -7.42. The van der Waals surface area contributed by atoms with Gasteiger partial charge in [0.15, 0.2) is 17.7 Å². The van der Waals surface area contributed by atoms with Crippen LogP contribution in [0.15, 0.2) is 18.2 Å². The number of rotatable bonds is 6. The van der Waals surface area contributed by atoms with Crippen molar-refractivity contribution in [2.75, 3.05) is 13.2 Å². The van der Waals surface area contributed by atoms with Crippen molar-refractivity contribution in [3.05, 3.63) is 29.6 Å². The van der Waals surface area contributed by atoms with Crippen molar-refractivity contribution < 1.29 is 27.4 Å².